The van der Waals surface area contributed by atoms with E-state index in [4.69, 9.17) is 0 Å². The number of carbonyl (C=O) groups is 1. The fourth-order valence-corrected chi connectivity index (χ4v) is 2.56. The number of rotatable bonds is 4. The van der Waals surface area contributed by atoms with Gasteiger partial charge in [-0.15, -0.1) is 0 Å². The lowest BCUT2D eigenvalue weighted by Gasteiger charge is -2.28. The zero-order chi connectivity index (χ0) is 14.5. The lowest BCUT2D eigenvalue weighted by molar-refractivity contribution is 0.0946. The summed E-state index contributed by atoms with van der Waals surface area (Å²) in [5, 5.41) is 12.6. The number of nitrogens with zero attached hydrogens (tertiary/aromatic N) is 3. The van der Waals surface area contributed by atoms with Gasteiger partial charge in [0.25, 0.3) is 5.91 Å². The number of amides is 1. The molecule has 0 radical (unpaired) electrons. The first-order valence-corrected chi connectivity index (χ1v) is 7.31. The van der Waals surface area contributed by atoms with Crippen molar-refractivity contribution in [1.29, 1.82) is 0 Å². The standard InChI is InChI=1S/C15H19N5O/c21-15(14-11-17-19-18-14)16-10-12-4-6-13(7-5-12)20-8-2-1-3-9-20/h4-7,11H,1-3,8-10H2,(H,16,21)(H,17,18,19). The van der Waals surface area contributed by atoms with Crippen LogP contribution in [-0.2, 0) is 6.54 Å². The highest BCUT2D eigenvalue weighted by Gasteiger charge is 2.11. The second-order valence-electron chi connectivity index (χ2n) is 5.25. The maximum atomic E-state index is 11.8. The van der Waals surface area contributed by atoms with Crippen molar-refractivity contribution in [3.05, 3.63) is 41.7 Å². The molecule has 1 fully saturated rings. The van der Waals surface area contributed by atoms with Gasteiger partial charge in [-0.25, -0.2) is 0 Å². The summed E-state index contributed by atoms with van der Waals surface area (Å²) in [6.07, 6.45) is 5.29. The Morgan fingerprint density at radius 3 is 2.62 bits per heavy atom. The van der Waals surface area contributed by atoms with E-state index >= 15 is 0 Å². The van der Waals surface area contributed by atoms with E-state index in [1.54, 1.807) is 0 Å². The van der Waals surface area contributed by atoms with Crippen LogP contribution in [0.25, 0.3) is 0 Å². The molecule has 6 heteroatoms. The molecule has 2 heterocycles. The number of anilines is 1. The molecule has 3 rings (SSSR count). The SMILES string of the molecule is O=C(NCc1ccc(N2CCCCC2)cc1)c1cn[nH]n1. The number of benzene rings is 1. The minimum atomic E-state index is -0.219. The fraction of sp³-hybridized carbons (Fsp3) is 0.400. The summed E-state index contributed by atoms with van der Waals surface area (Å²) in [7, 11) is 0. The van der Waals surface area contributed by atoms with Crippen molar-refractivity contribution in [2.24, 2.45) is 0 Å². The van der Waals surface area contributed by atoms with Crippen LogP contribution < -0.4 is 10.2 Å². The summed E-state index contributed by atoms with van der Waals surface area (Å²) in [5.74, 6) is -0.219. The Hall–Kier alpha value is -2.37. The third kappa shape index (κ3) is 3.39. The quantitative estimate of drug-likeness (QED) is 0.897. The fourth-order valence-electron chi connectivity index (χ4n) is 2.56. The Labute approximate surface area is 123 Å². The molecule has 1 aliphatic rings. The molecule has 2 N–H and O–H groups in total. The molecule has 0 saturated carbocycles. The van der Waals surface area contributed by atoms with Gasteiger partial charge in [0.2, 0.25) is 0 Å². The van der Waals surface area contributed by atoms with Gasteiger partial charge in [0.05, 0.1) is 6.20 Å². The van der Waals surface area contributed by atoms with E-state index in [-0.39, 0.29) is 5.91 Å². The number of aromatic nitrogens is 3. The van der Waals surface area contributed by atoms with Gasteiger partial charge >= 0.3 is 0 Å². The number of aromatic amines is 1. The van der Waals surface area contributed by atoms with Crippen molar-refractivity contribution < 1.29 is 4.79 Å². The summed E-state index contributed by atoms with van der Waals surface area (Å²) in [4.78, 5) is 14.2. The largest absolute Gasteiger partial charge is 0.372 e. The third-order valence-corrected chi connectivity index (χ3v) is 3.76. The molecule has 21 heavy (non-hydrogen) atoms. The van der Waals surface area contributed by atoms with Gasteiger partial charge in [-0.05, 0) is 37.0 Å². The van der Waals surface area contributed by atoms with Gasteiger partial charge in [0.1, 0.15) is 0 Å². The smallest absolute Gasteiger partial charge is 0.273 e. The first-order valence-electron chi connectivity index (χ1n) is 7.31. The number of hydrogen-bond acceptors (Lipinski definition) is 4. The van der Waals surface area contributed by atoms with Crippen LogP contribution >= 0.6 is 0 Å². The molecule has 1 aromatic carbocycles. The lowest BCUT2D eigenvalue weighted by Crippen LogP contribution is -2.29. The normalized spacial score (nSPS) is 15.0. The molecule has 1 aromatic heterocycles. The van der Waals surface area contributed by atoms with Crippen LogP contribution in [0.5, 0.6) is 0 Å². The lowest BCUT2D eigenvalue weighted by atomic mass is 10.1. The first kappa shape index (κ1) is 13.6. The van der Waals surface area contributed by atoms with E-state index < -0.39 is 0 Å². The molecule has 0 bridgehead atoms. The van der Waals surface area contributed by atoms with Gasteiger partial charge in [-0.1, -0.05) is 12.1 Å². The van der Waals surface area contributed by atoms with Crippen LogP contribution in [0, 0.1) is 0 Å². The van der Waals surface area contributed by atoms with E-state index in [0.29, 0.717) is 12.2 Å². The van der Waals surface area contributed by atoms with Gasteiger partial charge in [-0.2, -0.15) is 15.4 Å². The van der Waals surface area contributed by atoms with Crippen LogP contribution in [0.3, 0.4) is 0 Å². The summed E-state index contributed by atoms with van der Waals surface area (Å²) in [5.41, 5.74) is 2.65. The van der Waals surface area contributed by atoms with E-state index in [9.17, 15) is 4.79 Å². The zero-order valence-corrected chi connectivity index (χ0v) is 11.9. The topological polar surface area (TPSA) is 73.9 Å². The van der Waals surface area contributed by atoms with Crippen LogP contribution in [0.15, 0.2) is 30.5 Å². The first-order chi connectivity index (χ1) is 10.3. The Bertz CT molecular complexity index is 573. The Morgan fingerprint density at radius 1 is 1.19 bits per heavy atom. The predicted molar refractivity (Wildman–Crippen MR) is 80.1 cm³/mol. The van der Waals surface area contributed by atoms with E-state index in [2.05, 4.69) is 49.9 Å². The maximum Gasteiger partial charge on any atom is 0.273 e. The average molecular weight is 285 g/mol. The monoisotopic (exact) mass is 285 g/mol. The van der Waals surface area contributed by atoms with E-state index in [1.165, 1.54) is 31.1 Å². The Morgan fingerprint density at radius 2 is 1.95 bits per heavy atom. The van der Waals surface area contributed by atoms with Crippen molar-refractivity contribution in [2.45, 2.75) is 25.8 Å². The maximum absolute atomic E-state index is 11.8. The van der Waals surface area contributed by atoms with Crippen LogP contribution in [0.2, 0.25) is 0 Å². The molecule has 0 spiro atoms. The van der Waals surface area contributed by atoms with E-state index in [0.717, 1.165) is 18.7 Å². The van der Waals surface area contributed by atoms with Gasteiger partial charge < -0.3 is 10.2 Å². The summed E-state index contributed by atoms with van der Waals surface area (Å²) in [6.45, 7) is 2.77. The number of piperidine rings is 1. The van der Waals surface area contributed by atoms with Crippen LogP contribution in [0.1, 0.15) is 35.3 Å². The predicted octanol–water partition coefficient (Wildman–Crippen LogP) is 1.72. The molecule has 1 amide bonds. The van der Waals surface area contributed by atoms with Crippen molar-refractivity contribution >= 4 is 11.6 Å². The molecular weight excluding hydrogens is 266 g/mol. The summed E-state index contributed by atoms with van der Waals surface area (Å²) < 4.78 is 0. The van der Waals surface area contributed by atoms with Crippen molar-refractivity contribution in [3.63, 3.8) is 0 Å². The third-order valence-electron chi connectivity index (χ3n) is 3.76. The number of hydrogen-bond donors (Lipinski definition) is 2. The number of H-pyrrole nitrogens is 1. The highest BCUT2D eigenvalue weighted by molar-refractivity contribution is 5.91. The highest BCUT2D eigenvalue weighted by atomic mass is 16.1. The number of nitrogens with one attached hydrogen (secondary N) is 2. The van der Waals surface area contributed by atoms with Crippen molar-refractivity contribution in [3.8, 4) is 0 Å². The van der Waals surface area contributed by atoms with Gasteiger partial charge in [0, 0.05) is 25.3 Å². The molecule has 110 valence electrons. The van der Waals surface area contributed by atoms with Gasteiger partial charge in [0.15, 0.2) is 5.69 Å². The minimum Gasteiger partial charge on any atom is -0.372 e. The van der Waals surface area contributed by atoms with Crippen molar-refractivity contribution in [2.75, 3.05) is 18.0 Å². The Balaban J connectivity index is 1.55. The number of carbonyl (C=O) groups excluding carboxylic acids is 1. The van der Waals surface area contributed by atoms with Crippen LogP contribution in [0.4, 0.5) is 5.69 Å². The molecule has 6 nitrogen and oxygen atoms in total. The Kier molecular flexibility index (Phi) is 4.14. The van der Waals surface area contributed by atoms with E-state index in [1.807, 2.05) is 0 Å². The minimum absolute atomic E-state index is 0.219. The second kappa shape index (κ2) is 6.39. The highest BCUT2D eigenvalue weighted by Crippen LogP contribution is 2.20. The summed E-state index contributed by atoms with van der Waals surface area (Å²) in [6, 6.07) is 8.38. The molecule has 1 aliphatic heterocycles. The van der Waals surface area contributed by atoms with Gasteiger partial charge in [-0.3, -0.25) is 4.79 Å². The molecule has 0 aliphatic carbocycles. The molecule has 2 aromatic rings. The van der Waals surface area contributed by atoms with Crippen molar-refractivity contribution in [1.82, 2.24) is 20.7 Å². The average Bonchev–Trinajstić information content (AvgIpc) is 3.08. The van der Waals surface area contributed by atoms with Crippen LogP contribution in [-0.4, -0.2) is 34.4 Å². The second-order valence-corrected chi connectivity index (χ2v) is 5.25. The molecule has 1 saturated heterocycles. The molecular formula is C15H19N5O. The summed E-state index contributed by atoms with van der Waals surface area (Å²) >= 11 is 0. The molecule has 0 unspecified atom stereocenters. The zero-order valence-electron chi connectivity index (χ0n) is 11.9. The molecule has 0 atom stereocenters.